The number of aromatic nitrogens is 2. The molecule has 0 radical (unpaired) electrons. The van der Waals surface area contributed by atoms with E-state index in [-0.39, 0.29) is 24.1 Å². The number of sulfone groups is 1. The lowest BCUT2D eigenvalue weighted by Gasteiger charge is -2.13. The summed E-state index contributed by atoms with van der Waals surface area (Å²) >= 11 is 0. The molecule has 0 aliphatic carbocycles. The van der Waals surface area contributed by atoms with Crippen LogP contribution in [0, 0.1) is 0 Å². The third-order valence-corrected chi connectivity index (χ3v) is 6.02. The molecule has 2 heterocycles. The molecular formula is C19H19N3O5S. The van der Waals surface area contributed by atoms with E-state index >= 15 is 0 Å². The van der Waals surface area contributed by atoms with E-state index in [0.717, 1.165) is 17.2 Å². The molecule has 146 valence electrons. The van der Waals surface area contributed by atoms with E-state index in [0.29, 0.717) is 11.1 Å². The number of amides is 1. The molecule has 0 aliphatic heterocycles. The topological polar surface area (TPSA) is 132 Å². The van der Waals surface area contributed by atoms with Crippen LogP contribution in [0.25, 0.3) is 22.0 Å². The summed E-state index contributed by atoms with van der Waals surface area (Å²) in [6.45, 7) is 0.0543. The van der Waals surface area contributed by atoms with Crippen LogP contribution in [0.4, 0.5) is 0 Å². The van der Waals surface area contributed by atoms with Crippen LogP contribution in [0.1, 0.15) is 6.42 Å². The number of fused-ring (bicyclic) bond motifs is 1. The molecular weight excluding hydrogens is 382 g/mol. The summed E-state index contributed by atoms with van der Waals surface area (Å²) in [5, 5.41) is -0.500. The van der Waals surface area contributed by atoms with Crippen LogP contribution in [0.3, 0.4) is 0 Å². The number of hydrogen-bond acceptors (Lipinski definition) is 5. The number of pyridine rings is 2. The molecule has 3 N–H and O–H groups in total. The van der Waals surface area contributed by atoms with Crippen LogP contribution in [-0.2, 0) is 21.2 Å². The molecule has 28 heavy (non-hydrogen) atoms. The normalized spacial score (nSPS) is 12.8. The minimum atomic E-state index is -3.64. The predicted octanol–water partition coefficient (Wildman–Crippen LogP) is 0.645. The average Bonchev–Trinajstić information content (AvgIpc) is 2.61. The van der Waals surface area contributed by atoms with Crippen LogP contribution in [0.5, 0.6) is 0 Å². The van der Waals surface area contributed by atoms with Crippen LogP contribution in [0.15, 0.2) is 58.3 Å². The third kappa shape index (κ3) is 4.20. The number of benzene rings is 1. The molecule has 0 fully saturated rings. The first-order valence-electron chi connectivity index (χ1n) is 8.47. The van der Waals surface area contributed by atoms with Gasteiger partial charge >= 0.3 is 0 Å². The zero-order chi connectivity index (χ0) is 20.5. The Balaban J connectivity index is 1.86. The quantitative estimate of drug-likeness (QED) is 0.626. The fourth-order valence-electron chi connectivity index (χ4n) is 3.03. The van der Waals surface area contributed by atoms with Gasteiger partial charge in [-0.05, 0) is 47.2 Å². The van der Waals surface area contributed by atoms with Crippen LogP contribution >= 0.6 is 0 Å². The number of rotatable bonds is 6. The van der Waals surface area contributed by atoms with E-state index in [4.69, 9.17) is 5.73 Å². The molecule has 0 saturated carbocycles. The van der Waals surface area contributed by atoms with Gasteiger partial charge in [-0.1, -0.05) is 6.07 Å². The first kappa shape index (κ1) is 19.6. The van der Waals surface area contributed by atoms with Crippen molar-refractivity contribution in [2.75, 3.05) is 6.26 Å². The summed E-state index contributed by atoms with van der Waals surface area (Å²) in [5.41, 5.74) is 6.82. The van der Waals surface area contributed by atoms with Crippen molar-refractivity contribution in [3.63, 3.8) is 0 Å². The monoisotopic (exact) mass is 401 g/mol. The van der Waals surface area contributed by atoms with E-state index in [2.05, 4.69) is 4.98 Å². The number of nitrogens with zero attached hydrogens (tertiary/aromatic N) is 1. The molecule has 0 bridgehead atoms. The van der Waals surface area contributed by atoms with Crippen LogP contribution < -0.4 is 16.9 Å². The van der Waals surface area contributed by atoms with Crippen LogP contribution in [0.2, 0.25) is 0 Å². The Hall–Kier alpha value is -3.20. The van der Waals surface area contributed by atoms with Crippen molar-refractivity contribution in [2.24, 2.45) is 5.73 Å². The van der Waals surface area contributed by atoms with E-state index in [1.54, 1.807) is 30.5 Å². The van der Waals surface area contributed by atoms with Crippen molar-refractivity contribution in [2.45, 2.75) is 18.2 Å². The highest BCUT2D eigenvalue weighted by atomic mass is 32.2. The highest BCUT2D eigenvalue weighted by Crippen LogP contribution is 2.22. The molecule has 1 unspecified atom stereocenters. The Bertz CT molecular complexity index is 1270. The standard InChI is InChI=1S/C19H19N3O5S/c1-28(26,27)16(19(20)25)7-9-22-8-6-13(11-18(22)24)12-2-4-15-14(10-12)3-5-17(23)21-15/h2-6,8,10-11,16H,7,9H2,1H3,(H2,20,25)(H,21,23). The summed E-state index contributed by atoms with van der Waals surface area (Å²) in [6, 6.07) is 11.7. The number of H-pyrrole nitrogens is 1. The minimum Gasteiger partial charge on any atom is -0.369 e. The molecule has 0 spiro atoms. The van der Waals surface area contributed by atoms with E-state index in [9.17, 15) is 22.8 Å². The van der Waals surface area contributed by atoms with Gasteiger partial charge in [-0.3, -0.25) is 14.4 Å². The van der Waals surface area contributed by atoms with Crippen molar-refractivity contribution in [3.05, 3.63) is 69.4 Å². The molecule has 3 aromatic rings. The molecule has 2 aromatic heterocycles. The lowest BCUT2D eigenvalue weighted by molar-refractivity contribution is -0.117. The fourth-order valence-corrected chi connectivity index (χ4v) is 3.99. The van der Waals surface area contributed by atoms with Gasteiger partial charge in [0, 0.05) is 36.6 Å². The lowest BCUT2D eigenvalue weighted by atomic mass is 10.0. The number of nitrogens with two attached hydrogens (primary N) is 1. The first-order chi connectivity index (χ1) is 13.1. The van der Waals surface area contributed by atoms with Gasteiger partial charge in [0.15, 0.2) is 9.84 Å². The van der Waals surface area contributed by atoms with E-state index in [1.807, 2.05) is 6.07 Å². The largest absolute Gasteiger partial charge is 0.369 e. The Morgan fingerprint density at radius 3 is 2.46 bits per heavy atom. The molecule has 8 nitrogen and oxygen atoms in total. The summed E-state index contributed by atoms with van der Waals surface area (Å²) in [4.78, 5) is 37.9. The number of nitrogens with one attached hydrogen (secondary N) is 1. The van der Waals surface area contributed by atoms with Gasteiger partial charge in [0.1, 0.15) is 5.25 Å². The first-order valence-corrected chi connectivity index (χ1v) is 10.4. The molecule has 9 heteroatoms. The number of aromatic amines is 1. The molecule has 3 rings (SSSR count). The van der Waals surface area contributed by atoms with Crippen LogP contribution in [-0.4, -0.2) is 35.4 Å². The second-order valence-corrected chi connectivity index (χ2v) is 8.81. The van der Waals surface area contributed by atoms with Gasteiger partial charge in [-0.15, -0.1) is 0 Å². The Kier molecular flexibility index (Phi) is 5.19. The van der Waals surface area contributed by atoms with Gasteiger partial charge in [-0.25, -0.2) is 8.42 Å². The lowest BCUT2D eigenvalue weighted by Crippen LogP contribution is -2.36. The van der Waals surface area contributed by atoms with Crippen molar-refractivity contribution in [1.82, 2.24) is 9.55 Å². The van der Waals surface area contributed by atoms with Gasteiger partial charge in [0.2, 0.25) is 11.5 Å². The summed E-state index contributed by atoms with van der Waals surface area (Å²) in [6.07, 6.45) is 2.42. The van der Waals surface area contributed by atoms with Crippen molar-refractivity contribution < 1.29 is 13.2 Å². The SMILES string of the molecule is CS(=O)(=O)C(CCn1ccc(-c2ccc3[nH]c(=O)ccc3c2)cc1=O)C(N)=O. The minimum absolute atomic E-state index is 0.0543. The maximum absolute atomic E-state index is 12.4. The Labute approximate surface area is 160 Å². The Morgan fingerprint density at radius 2 is 1.82 bits per heavy atom. The number of carbonyl (C=O) groups is 1. The number of hydrogen-bond donors (Lipinski definition) is 2. The second-order valence-electron chi connectivity index (χ2n) is 6.58. The summed E-state index contributed by atoms with van der Waals surface area (Å²) in [5.74, 6) is -0.929. The number of aryl methyl sites for hydroxylation is 1. The number of carbonyl (C=O) groups excluding carboxylic acids is 1. The van der Waals surface area contributed by atoms with E-state index < -0.39 is 21.0 Å². The van der Waals surface area contributed by atoms with Gasteiger partial charge < -0.3 is 15.3 Å². The Morgan fingerprint density at radius 1 is 1.11 bits per heavy atom. The maximum Gasteiger partial charge on any atom is 0.251 e. The van der Waals surface area contributed by atoms with Crippen molar-refractivity contribution >= 4 is 26.6 Å². The molecule has 1 amide bonds. The summed E-state index contributed by atoms with van der Waals surface area (Å²) < 4.78 is 24.6. The predicted molar refractivity (Wildman–Crippen MR) is 107 cm³/mol. The fraction of sp³-hybridized carbons (Fsp3) is 0.211. The molecule has 0 saturated heterocycles. The third-order valence-electron chi connectivity index (χ3n) is 4.52. The highest BCUT2D eigenvalue weighted by molar-refractivity contribution is 7.92. The average molecular weight is 401 g/mol. The van der Waals surface area contributed by atoms with Gasteiger partial charge in [-0.2, -0.15) is 0 Å². The van der Waals surface area contributed by atoms with E-state index in [1.165, 1.54) is 16.7 Å². The van der Waals surface area contributed by atoms with Gasteiger partial charge in [0.25, 0.3) is 5.56 Å². The smallest absolute Gasteiger partial charge is 0.251 e. The molecule has 0 aliphatic rings. The molecule has 1 aromatic carbocycles. The summed E-state index contributed by atoms with van der Waals surface area (Å²) in [7, 11) is -3.64. The zero-order valence-electron chi connectivity index (χ0n) is 15.1. The van der Waals surface area contributed by atoms with Gasteiger partial charge in [0.05, 0.1) is 0 Å². The highest BCUT2D eigenvalue weighted by Gasteiger charge is 2.26. The van der Waals surface area contributed by atoms with Crippen molar-refractivity contribution in [3.8, 4) is 11.1 Å². The second kappa shape index (κ2) is 7.43. The van der Waals surface area contributed by atoms with Crippen molar-refractivity contribution in [1.29, 1.82) is 0 Å². The molecule has 1 atom stereocenters. The number of primary amides is 1. The maximum atomic E-state index is 12.4. The zero-order valence-corrected chi connectivity index (χ0v) is 15.9.